The van der Waals surface area contributed by atoms with Gasteiger partial charge in [0.2, 0.25) is 15.9 Å². The van der Waals surface area contributed by atoms with Crippen molar-refractivity contribution >= 4 is 32.7 Å². The predicted octanol–water partition coefficient (Wildman–Crippen LogP) is 2.16. The molecule has 0 radical (unpaired) electrons. The van der Waals surface area contributed by atoms with Gasteiger partial charge in [0.1, 0.15) is 12.4 Å². The smallest absolute Gasteiger partial charge is 0.408 e. The molecular weight excluding hydrogens is 401 g/mol. The van der Waals surface area contributed by atoms with Gasteiger partial charge in [-0.15, -0.1) is 0 Å². The Morgan fingerprint density at radius 1 is 1.10 bits per heavy atom. The summed E-state index contributed by atoms with van der Waals surface area (Å²) in [4.78, 5) is 24.5. The van der Waals surface area contributed by atoms with Gasteiger partial charge in [-0.3, -0.25) is 9.36 Å². The van der Waals surface area contributed by atoms with Crippen LogP contribution in [0, 0.1) is 5.82 Å². The molecule has 1 amide bonds. The quantitative estimate of drug-likeness (QED) is 0.683. The first-order valence-electron chi connectivity index (χ1n) is 9.03. The number of halogens is 1. The molecule has 0 aliphatic carbocycles. The maximum absolute atomic E-state index is 13.0. The zero-order valence-electron chi connectivity index (χ0n) is 15.3. The van der Waals surface area contributed by atoms with Crippen LogP contribution in [0.4, 0.5) is 10.1 Å². The van der Waals surface area contributed by atoms with E-state index in [2.05, 4.69) is 5.32 Å². The second kappa shape index (κ2) is 7.45. The number of anilines is 1. The highest BCUT2D eigenvalue weighted by Gasteiger charge is 2.28. The molecule has 1 fully saturated rings. The first-order chi connectivity index (χ1) is 13.8. The minimum atomic E-state index is -3.65. The molecule has 29 heavy (non-hydrogen) atoms. The van der Waals surface area contributed by atoms with E-state index in [1.54, 1.807) is 0 Å². The van der Waals surface area contributed by atoms with Crippen LogP contribution in [-0.2, 0) is 21.4 Å². The van der Waals surface area contributed by atoms with Gasteiger partial charge in [-0.05, 0) is 49.2 Å². The molecule has 3 aromatic rings. The van der Waals surface area contributed by atoms with Gasteiger partial charge >= 0.3 is 5.76 Å². The van der Waals surface area contributed by atoms with E-state index in [0.29, 0.717) is 24.3 Å². The van der Waals surface area contributed by atoms with Gasteiger partial charge in [0.05, 0.1) is 10.4 Å². The maximum atomic E-state index is 13.0. The minimum Gasteiger partial charge on any atom is -0.408 e. The monoisotopic (exact) mass is 419 g/mol. The third-order valence-corrected chi connectivity index (χ3v) is 6.67. The summed E-state index contributed by atoms with van der Waals surface area (Å²) in [5, 5.41) is 2.56. The second-order valence-corrected chi connectivity index (χ2v) is 8.69. The lowest BCUT2D eigenvalue weighted by atomic mass is 10.3. The Hall–Kier alpha value is -2.98. The highest BCUT2D eigenvalue weighted by molar-refractivity contribution is 7.89. The van der Waals surface area contributed by atoms with Crippen molar-refractivity contribution in [1.29, 1.82) is 0 Å². The number of sulfonamides is 1. The van der Waals surface area contributed by atoms with Gasteiger partial charge in [0.25, 0.3) is 0 Å². The van der Waals surface area contributed by atoms with Crippen molar-refractivity contribution in [2.75, 3.05) is 18.4 Å². The number of hydrogen-bond acceptors (Lipinski definition) is 5. The van der Waals surface area contributed by atoms with Crippen molar-refractivity contribution < 1.29 is 22.0 Å². The first kappa shape index (κ1) is 19.3. The lowest BCUT2D eigenvalue weighted by Gasteiger charge is -2.15. The fraction of sp³-hybridized carbons (Fsp3) is 0.263. The van der Waals surface area contributed by atoms with Crippen molar-refractivity contribution in [2.24, 2.45) is 0 Å². The van der Waals surface area contributed by atoms with Crippen molar-refractivity contribution in [3.8, 4) is 0 Å². The van der Waals surface area contributed by atoms with Crippen molar-refractivity contribution in [3.63, 3.8) is 0 Å². The molecule has 1 aliphatic heterocycles. The lowest BCUT2D eigenvalue weighted by Crippen LogP contribution is -2.27. The molecule has 1 aromatic heterocycles. The molecule has 8 nitrogen and oxygen atoms in total. The summed E-state index contributed by atoms with van der Waals surface area (Å²) >= 11 is 0. The second-order valence-electron chi connectivity index (χ2n) is 6.75. The Morgan fingerprint density at radius 3 is 2.48 bits per heavy atom. The molecule has 152 valence electrons. The summed E-state index contributed by atoms with van der Waals surface area (Å²) in [5.41, 5.74) is 0.783. The van der Waals surface area contributed by atoms with Gasteiger partial charge in [0.15, 0.2) is 5.58 Å². The Bertz CT molecular complexity index is 1220. The standard InChI is InChI=1S/C19H18FN3O5S/c20-13-3-5-14(6-4-13)21-18(24)12-23-16-8-7-15(11-17(16)28-19(23)25)29(26,27)22-9-1-2-10-22/h3-8,11H,1-2,9-10,12H2,(H,21,24). The van der Waals surface area contributed by atoms with E-state index in [0.717, 1.165) is 17.4 Å². The number of oxazole rings is 1. The van der Waals surface area contributed by atoms with Crippen LogP contribution >= 0.6 is 0 Å². The fourth-order valence-electron chi connectivity index (χ4n) is 3.31. The zero-order valence-corrected chi connectivity index (χ0v) is 16.1. The van der Waals surface area contributed by atoms with Crippen LogP contribution in [0.2, 0.25) is 0 Å². The lowest BCUT2D eigenvalue weighted by molar-refractivity contribution is -0.116. The summed E-state index contributed by atoms with van der Waals surface area (Å²) in [6, 6.07) is 9.37. The number of nitrogens with zero attached hydrogens (tertiary/aromatic N) is 2. The Morgan fingerprint density at radius 2 is 1.79 bits per heavy atom. The van der Waals surface area contributed by atoms with E-state index in [4.69, 9.17) is 4.42 Å². The van der Waals surface area contributed by atoms with Crippen LogP contribution in [0.5, 0.6) is 0 Å². The highest BCUT2D eigenvalue weighted by atomic mass is 32.2. The molecule has 0 bridgehead atoms. The molecular formula is C19H18FN3O5S. The largest absolute Gasteiger partial charge is 0.420 e. The number of aromatic nitrogens is 1. The van der Waals surface area contributed by atoms with Gasteiger partial charge in [0, 0.05) is 24.8 Å². The fourth-order valence-corrected chi connectivity index (χ4v) is 4.84. The van der Waals surface area contributed by atoms with Crippen LogP contribution in [-0.4, -0.2) is 36.3 Å². The molecule has 2 aromatic carbocycles. The Labute approximate surface area is 165 Å². The molecule has 1 aliphatic rings. The third-order valence-electron chi connectivity index (χ3n) is 4.77. The zero-order chi connectivity index (χ0) is 20.6. The van der Waals surface area contributed by atoms with E-state index in [9.17, 15) is 22.4 Å². The molecule has 1 N–H and O–H groups in total. The normalized spacial score (nSPS) is 15.1. The summed E-state index contributed by atoms with van der Waals surface area (Å²) in [5.74, 6) is -1.71. The number of carbonyl (C=O) groups excluding carboxylic acids is 1. The number of carbonyl (C=O) groups is 1. The summed E-state index contributed by atoms with van der Waals surface area (Å²) < 4.78 is 46.0. The molecule has 0 spiro atoms. The molecule has 0 unspecified atom stereocenters. The maximum Gasteiger partial charge on any atom is 0.420 e. The van der Waals surface area contributed by atoms with Gasteiger partial charge in [-0.2, -0.15) is 4.31 Å². The number of benzene rings is 2. The number of rotatable bonds is 5. The first-order valence-corrected chi connectivity index (χ1v) is 10.5. The van der Waals surface area contributed by atoms with Crippen LogP contribution in [0.1, 0.15) is 12.8 Å². The van der Waals surface area contributed by atoms with Gasteiger partial charge < -0.3 is 9.73 Å². The third kappa shape index (κ3) is 3.81. The number of amides is 1. The van der Waals surface area contributed by atoms with E-state index in [1.165, 1.54) is 46.8 Å². The SMILES string of the molecule is O=C(Cn1c(=O)oc2cc(S(=O)(=O)N3CCCC3)ccc21)Nc1ccc(F)cc1. The van der Waals surface area contributed by atoms with Gasteiger partial charge in [-0.1, -0.05) is 0 Å². The molecule has 10 heteroatoms. The molecule has 2 heterocycles. The summed E-state index contributed by atoms with van der Waals surface area (Å²) in [6.45, 7) is 0.602. The molecule has 4 rings (SSSR count). The van der Waals surface area contributed by atoms with E-state index >= 15 is 0 Å². The van der Waals surface area contributed by atoms with Crippen molar-refractivity contribution in [3.05, 3.63) is 58.8 Å². The van der Waals surface area contributed by atoms with Crippen LogP contribution < -0.4 is 11.1 Å². The molecule has 0 atom stereocenters. The van der Waals surface area contributed by atoms with Crippen LogP contribution in [0.3, 0.4) is 0 Å². The average molecular weight is 419 g/mol. The van der Waals surface area contributed by atoms with E-state index in [1.807, 2.05) is 0 Å². The topological polar surface area (TPSA) is 102 Å². The predicted molar refractivity (Wildman–Crippen MR) is 103 cm³/mol. The highest BCUT2D eigenvalue weighted by Crippen LogP contribution is 2.24. The number of fused-ring (bicyclic) bond motifs is 1. The average Bonchev–Trinajstić information content (AvgIpc) is 3.32. The number of hydrogen-bond donors (Lipinski definition) is 1. The molecule has 0 saturated carbocycles. The van der Waals surface area contributed by atoms with Gasteiger partial charge in [-0.25, -0.2) is 17.6 Å². The van der Waals surface area contributed by atoms with Crippen molar-refractivity contribution in [2.45, 2.75) is 24.3 Å². The van der Waals surface area contributed by atoms with Crippen LogP contribution in [0.15, 0.2) is 56.6 Å². The number of nitrogens with one attached hydrogen (secondary N) is 1. The van der Waals surface area contributed by atoms with Crippen LogP contribution in [0.25, 0.3) is 11.1 Å². The molecule has 1 saturated heterocycles. The Kier molecular flexibility index (Phi) is 4.97. The van der Waals surface area contributed by atoms with E-state index < -0.39 is 27.5 Å². The minimum absolute atomic E-state index is 0.0450. The van der Waals surface area contributed by atoms with Crippen molar-refractivity contribution in [1.82, 2.24) is 8.87 Å². The summed E-state index contributed by atoms with van der Waals surface area (Å²) in [6.07, 6.45) is 1.63. The summed E-state index contributed by atoms with van der Waals surface area (Å²) in [7, 11) is -3.65. The Balaban J connectivity index is 1.59. The van der Waals surface area contributed by atoms with E-state index in [-0.39, 0.29) is 17.0 Å².